The van der Waals surface area contributed by atoms with E-state index >= 15 is 0 Å². The maximum absolute atomic E-state index is 13.2. The monoisotopic (exact) mass is 472 g/mol. The molecule has 0 aliphatic carbocycles. The van der Waals surface area contributed by atoms with Crippen molar-refractivity contribution >= 4 is 22.8 Å². The van der Waals surface area contributed by atoms with Gasteiger partial charge in [-0.25, -0.2) is 18.9 Å². The van der Waals surface area contributed by atoms with Crippen molar-refractivity contribution < 1.29 is 13.9 Å². The van der Waals surface area contributed by atoms with Crippen LogP contribution in [0.4, 0.5) is 15.0 Å². The highest BCUT2D eigenvalue weighted by Crippen LogP contribution is 2.27. The van der Waals surface area contributed by atoms with Gasteiger partial charge in [0.2, 0.25) is 0 Å². The molecule has 5 rings (SSSR count). The maximum Gasteiger partial charge on any atom is 0.320 e. The van der Waals surface area contributed by atoms with Gasteiger partial charge in [0.15, 0.2) is 0 Å². The Labute approximate surface area is 199 Å². The minimum Gasteiger partial charge on any atom is -0.382 e. The normalized spacial score (nSPS) is 11.9. The zero-order valence-electron chi connectivity index (χ0n) is 18.6. The zero-order chi connectivity index (χ0) is 24.2. The largest absolute Gasteiger partial charge is 0.382 e. The number of ether oxygens (including phenoxy) is 1. The molecule has 0 saturated carbocycles. The lowest BCUT2D eigenvalue weighted by Crippen LogP contribution is -2.35. The summed E-state index contributed by atoms with van der Waals surface area (Å²) in [6.45, 7) is 0.227. The molecule has 3 N–H and O–H groups in total. The summed E-state index contributed by atoms with van der Waals surface area (Å²) >= 11 is 0. The Hall–Kier alpha value is -4.64. The van der Waals surface area contributed by atoms with Gasteiger partial charge in [0, 0.05) is 30.3 Å². The van der Waals surface area contributed by atoms with Crippen LogP contribution in [0.2, 0.25) is 0 Å². The molecular formula is C24H21FN8O2. The van der Waals surface area contributed by atoms with Gasteiger partial charge in [-0.05, 0) is 29.8 Å². The minimum atomic E-state index is -0.466. The van der Waals surface area contributed by atoms with Gasteiger partial charge >= 0.3 is 6.03 Å². The van der Waals surface area contributed by atoms with Crippen LogP contribution in [0.15, 0.2) is 73.2 Å². The second kappa shape index (κ2) is 9.69. The van der Waals surface area contributed by atoms with Crippen LogP contribution in [-0.2, 0) is 4.74 Å². The Morgan fingerprint density at radius 1 is 1.17 bits per heavy atom. The van der Waals surface area contributed by atoms with Crippen molar-refractivity contribution in [1.82, 2.24) is 35.5 Å². The van der Waals surface area contributed by atoms with Crippen LogP contribution in [0.1, 0.15) is 11.6 Å². The van der Waals surface area contributed by atoms with Crippen LogP contribution in [0.25, 0.3) is 27.8 Å². The van der Waals surface area contributed by atoms with Gasteiger partial charge < -0.3 is 10.1 Å². The van der Waals surface area contributed by atoms with Gasteiger partial charge in [0.25, 0.3) is 0 Å². The number of rotatable bonds is 7. The van der Waals surface area contributed by atoms with E-state index in [1.165, 1.54) is 19.2 Å². The Balaban J connectivity index is 1.30. The number of nitrogens with zero attached hydrogens (tertiary/aromatic N) is 5. The van der Waals surface area contributed by atoms with Crippen molar-refractivity contribution in [3.63, 3.8) is 0 Å². The number of aromatic nitrogens is 6. The Morgan fingerprint density at radius 2 is 1.97 bits per heavy atom. The summed E-state index contributed by atoms with van der Waals surface area (Å²) in [5, 5.41) is 21.6. The first-order valence-electron chi connectivity index (χ1n) is 10.7. The molecule has 2 aromatic carbocycles. The fourth-order valence-corrected chi connectivity index (χ4v) is 3.71. The average Bonchev–Trinajstić information content (AvgIpc) is 3.55. The third-order valence-electron chi connectivity index (χ3n) is 5.43. The molecule has 0 fully saturated rings. The highest BCUT2D eigenvalue weighted by atomic mass is 19.1. The molecule has 10 nitrogen and oxygen atoms in total. The molecule has 1 atom stereocenters. The first kappa shape index (κ1) is 22.2. The van der Waals surface area contributed by atoms with Crippen LogP contribution in [-0.4, -0.2) is 49.9 Å². The third kappa shape index (κ3) is 4.84. The van der Waals surface area contributed by atoms with E-state index in [-0.39, 0.29) is 12.4 Å². The number of nitrogens with one attached hydrogen (secondary N) is 3. The van der Waals surface area contributed by atoms with Crippen molar-refractivity contribution in [2.45, 2.75) is 6.04 Å². The van der Waals surface area contributed by atoms with Crippen LogP contribution in [0.3, 0.4) is 0 Å². The summed E-state index contributed by atoms with van der Waals surface area (Å²) < 4.78 is 20.1. The quantitative estimate of drug-likeness (QED) is 0.331. The molecule has 0 bridgehead atoms. The van der Waals surface area contributed by atoms with Crippen molar-refractivity contribution in [3.8, 4) is 16.9 Å². The number of aromatic amines is 1. The molecule has 0 radical (unpaired) electrons. The van der Waals surface area contributed by atoms with Crippen LogP contribution in [0, 0.1) is 5.82 Å². The summed E-state index contributed by atoms with van der Waals surface area (Å²) in [4.78, 5) is 17.0. The summed E-state index contributed by atoms with van der Waals surface area (Å²) in [5.74, 6) is -0.000971. The molecular weight excluding hydrogens is 451 g/mol. The van der Waals surface area contributed by atoms with E-state index < -0.39 is 12.1 Å². The molecule has 11 heteroatoms. The number of anilines is 1. The van der Waals surface area contributed by atoms with Gasteiger partial charge in [-0.1, -0.05) is 29.5 Å². The summed E-state index contributed by atoms with van der Waals surface area (Å²) in [5.41, 5.74) is 3.97. The smallest absolute Gasteiger partial charge is 0.320 e. The molecule has 35 heavy (non-hydrogen) atoms. The van der Waals surface area contributed by atoms with Crippen LogP contribution < -0.4 is 10.6 Å². The Bertz CT molecular complexity index is 1430. The fraction of sp³-hybridized carbons (Fsp3) is 0.125. The number of hydrogen-bond acceptors (Lipinski definition) is 6. The highest BCUT2D eigenvalue weighted by molar-refractivity contribution is 5.95. The number of H-pyrrole nitrogens is 1. The van der Waals surface area contributed by atoms with Crippen molar-refractivity contribution in [2.24, 2.45) is 0 Å². The standard InChI is InChI=1S/C24H21FN8O2/c1-35-14-21(15-2-6-17(25)7-3-15)28-24(34)29-22-12-20-19(13-26-22)23(31-30-20)16-4-8-18(9-5-16)33-11-10-27-32-33/h2-13,21H,14H2,1H3,(H,30,31)(H2,26,28,29,34)/t21-/m1/s1. The number of halogens is 1. The fourth-order valence-electron chi connectivity index (χ4n) is 3.71. The number of carbonyl (C=O) groups excluding carboxylic acids is 1. The topological polar surface area (TPSA) is 123 Å². The molecule has 176 valence electrons. The number of benzene rings is 2. The molecule has 3 heterocycles. The van der Waals surface area contributed by atoms with Crippen molar-refractivity contribution in [2.75, 3.05) is 19.0 Å². The van der Waals surface area contributed by atoms with Gasteiger partial charge in [0.1, 0.15) is 17.3 Å². The number of urea groups is 1. The van der Waals surface area contributed by atoms with Crippen LogP contribution in [0.5, 0.6) is 0 Å². The lowest BCUT2D eigenvalue weighted by Gasteiger charge is -2.18. The Morgan fingerprint density at radius 3 is 2.69 bits per heavy atom. The number of hydrogen-bond donors (Lipinski definition) is 3. The molecule has 0 aliphatic rings. The first-order chi connectivity index (χ1) is 17.1. The lowest BCUT2D eigenvalue weighted by molar-refractivity contribution is 0.168. The number of methoxy groups -OCH3 is 1. The van der Waals surface area contributed by atoms with Gasteiger partial charge in [0.05, 0.1) is 36.2 Å². The molecule has 2 amide bonds. The molecule has 0 aliphatic heterocycles. The van der Waals surface area contributed by atoms with E-state index in [0.29, 0.717) is 5.82 Å². The number of carbonyl (C=O) groups is 1. The van der Waals surface area contributed by atoms with Gasteiger partial charge in [-0.3, -0.25) is 10.4 Å². The summed E-state index contributed by atoms with van der Waals surface area (Å²) in [7, 11) is 1.53. The first-order valence-corrected chi connectivity index (χ1v) is 10.7. The van der Waals surface area contributed by atoms with Crippen molar-refractivity contribution in [1.29, 1.82) is 0 Å². The SMILES string of the molecule is COC[C@@H](NC(=O)Nc1cc2[nH]nc(-c3ccc(-n4ccnn4)cc3)c2cn1)c1ccc(F)cc1. The second-order valence-electron chi connectivity index (χ2n) is 7.74. The summed E-state index contributed by atoms with van der Waals surface area (Å²) in [6, 6.07) is 14.4. The van der Waals surface area contributed by atoms with Crippen molar-refractivity contribution in [3.05, 3.63) is 84.6 Å². The van der Waals surface area contributed by atoms with Crippen LogP contribution >= 0.6 is 0 Å². The van der Waals surface area contributed by atoms with Gasteiger partial charge in [-0.15, -0.1) is 5.10 Å². The highest BCUT2D eigenvalue weighted by Gasteiger charge is 2.16. The van der Waals surface area contributed by atoms with E-state index in [0.717, 1.165) is 33.4 Å². The maximum atomic E-state index is 13.2. The third-order valence-corrected chi connectivity index (χ3v) is 5.43. The number of amides is 2. The van der Waals surface area contributed by atoms with E-state index in [2.05, 4.69) is 36.1 Å². The van der Waals surface area contributed by atoms with E-state index in [1.807, 2.05) is 24.3 Å². The van der Waals surface area contributed by atoms with E-state index in [4.69, 9.17) is 4.74 Å². The minimum absolute atomic E-state index is 0.227. The molecule has 0 saturated heterocycles. The Kier molecular flexibility index (Phi) is 6.14. The molecule has 5 aromatic rings. The number of fused-ring (bicyclic) bond motifs is 1. The average molecular weight is 472 g/mol. The predicted octanol–water partition coefficient (Wildman–Crippen LogP) is 3.85. The lowest BCUT2D eigenvalue weighted by atomic mass is 10.1. The molecule has 0 spiro atoms. The molecule has 0 unspecified atom stereocenters. The summed E-state index contributed by atoms with van der Waals surface area (Å²) in [6.07, 6.45) is 5.04. The van der Waals surface area contributed by atoms with Gasteiger partial charge in [-0.2, -0.15) is 5.10 Å². The predicted molar refractivity (Wildman–Crippen MR) is 127 cm³/mol. The van der Waals surface area contributed by atoms with E-state index in [1.54, 1.807) is 41.5 Å². The van der Waals surface area contributed by atoms with E-state index in [9.17, 15) is 9.18 Å². The zero-order valence-corrected chi connectivity index (χ0v) is 18.6. The second-order valence-corrected chi connectivity index (χ2v) is 7.74. The molecule has 3 aromatic heterocycles. The number of pyridine rings is 1.